The fourth-order valence-corrected chi connectivity index (χ4v) is 4.28. The van der Waals surface area contributed by atoms with Crippen molar-refractivity contribution in [3.8, 4) is 0 Å². The maximum atomic E-state index is 12.9. The van der Waals surface area contributed by atoms with Crippen LogP contribution in [0.5, 0.6) is 0 Å². The number of aryl methyl sites for hydroxylation is 2. The Bertz CT molecular complexity index is 812. The number of urea groups is 1. The van der Waals surface area contributed by atoms with Gasteiger partial charge in [0, 0.05) is 18.5 Å². The van der Waals surface area contributed by atoms with Crippen LogP contribution in [0.4, 0.5) is 4.79 Å². The Hall–Kier alpha value is -2.34. The fourth-order valence-electron chi connectivity index (χ4n) is 4.28. The fraction of sp³-hybridized carbons (Fsp3) is 0.500. The number of amides is 2. The highest BCUT2D eigenvalue weighted by atomic mass is 16.5. The van der Waals surface area contributed by atoms with Gasteiger partial charge in [-0.2, -0.15) is 0 Å². The predicted octanol–water partition coefficient (Wildman–Crippen LogP) is 3.58. The molecule has 1 N–H and O–H groups in total. The molecule has 2 aliphatic heterocycles. The SMILES string of the molecule is CCC(NC(=O)N1CCC2(C1)OCc1ccccc12)c1c(C)noc1C. The first kappa shape index (κ1) is 17.1. The van der Waals surface area contributed by atoms with E-state index in [9.17, 15) is 4.79 Å². The van der Waals surface area contributed by atoms with Crippen LogP contribution in [0.2, 0.25) is 0 Å². The lowest BCUT2D eigenvalue weighted by Gasteiger charge is -2.26. The van der Waals surface area contributed by atoms with Gasteiger partial charge in [-0.1, -0.05) is 36.3 Å². The van der Waals surface area contributed by atoms with Crippen molar-refractivity contribution in [2.75, 3.05) is 13.1 Å². The number of ether oxygens (including phenoxy) is 1. The first-order valence-electron chi connectivity index (χ1n) is 9.24. The lowest BCUT2D eigenvalue weighted by atomic mass is 9.92. The van der Waals surface area contributed by atoms with Crippen LogP contribution >= 0.6 is 0 Å². The van der Waals surface area contributed by atoms with Crippen molar-refractivity contribution < 1.29 is 14.1 Å². The summed E-state index contributed by atoms with van der Waals surface area (Å²) < 4.78 is 11.4. The number of carbonyl (C=O) groups is 1. The second kappa shape index (κ2) is 6.43. The largest absolute Gasteiger partial charge is 0.364 e. The second-order valence-corrected chi connectivity index (χ2v) is 7.26. The summed E-state index contributed by atoms with van der Waals surface area (Å²) in [5.41, 5.74) is 3.93. The highest BCUT2D eigenvalue weighted by Crippen LogP contribution is 2.43. The summed E-state index contributed by atoms with van der Waals surface area (Å²) in [6, 6.07) is 8.17. The lowest BCUT2D eigenvalue weighted by Crippen LogP contribution is -2.42. The molecule has 138 valence electrons. The summed E-state index contributed by atoms with van der Waals surface area (Å²) in [7, 11) is 0. The van der Waals surface area contributed by atoms with Gasteiger partial charge in [-0.05, 0) is 31.4 Å². The van der Waals surface area contributed by atoms with Gasteiger partial charge in [-0.15, -0.1) is 0 Å². The molecule has 1 aromatic heterocycles. The van der Waals surface area contributed by atoms with Crippen LogP contribution in [0.15, 0.2) is 28.8 Å². The van der Waals surface area contributed by atoms with Gasteiger partial charge < -0.3 is 19.5 Å². The molecule has 0 radical (unpaired) electrons. The molecule has 26 heavy (non-hydrogen) atoms. The topological polar surface area (TPSA) is 67.6 Å². The smallest absolute Gasteiger partial charge is 0.317 e. The molecule has 6 nitrogen and oxygen atoms in total. The summed E-state index contributed by atoms with van der Waals surface area (Å²) in [5, 5.41) is 7.17. The van der Waals surface area contributed by atoms with Gasteiger partial charge in [0.15, 0.2) is 0 Å². The Kier molecular flexibility index (Phi) is 4.23. The van der Waals surface area contributed by atoms with E-state index in [1.54, 1.807) is 0 Å². The summed E-state index contributed by atoms with van der Waals surface area (Å²) in [5.74, 6) is 0.764. The zero-order chi connectivity index (χ0) is 18.3. The van der Waals surface area contributed by atoms with E-state index in [1.807, 2.05) is 30.9 Å². The van der Waals surface area contributed by atoms with E-state index < -0.39 is 0 Å². The van der Waals surface area contributed by atoms with E-state index in [0.717, 1.165) is 29.9 Å². The van der Waals surface area contributed by atoms with Crippen molar-refractivity contribution in [3.63, 3.8) is 0 Å². The molecule has 2 unspecified atom stereocenters. The molecular formula is C20H25N3O3. The van der Waals surface area contributed by atoms with Crippen molar-refractivity contribution in [2.45, 2.75) is 51.9 Å². The number of likely N-dealkylation sites (tertiary alicyclic amines) is 1. The molecule has 1 aromatic carbocycles. The molecule has 0 aliphatic carbocycles. The van der Waals surface area contributed by atoms with E-state index in [-0.39, 0.29) is 17.7 Å². The molecule has 2 amide bonds. The van der Waals surface area contributed by atoms with Gasteiger partial charge in [0.1, 0.15) is 11.4 Å². The minimum atomic E-state index is -0.349. The van der Waals surface area contributed by atoms with Crippen molar-refractivity contribution in [2.24, 2.45) is 0 Å². The number of fused-ring (bicyclic) bond motifs is 2. The van der Waals surface area contributed by atoms with Crippen LogP contribution in [0.25, 0.3) is 0 Å². The number of hydrogen-bond acceptors (Lipinski definition) is 4. The minimum absolute atomic E-state index is 0.0540. The highest BCUT2D eigenvalue weighted by Gasteiger charge is 2.46. The molecular weight excluding hydrogens is 330 g/mol. The molecule has 0 bridgehead atoms. The number of hydrogen-bond donors (Lipinski definition) is 1. The zero-order valence-corrected chi connectivity index (χ0v) is 15.5. The molecule has 2 atom stereocenters. The average Bonchev–Trinajstić information content (AvgIpc) is 3.33. The number of nitrogens with zero attached hydrogens (tertiary/aromatic N) is 2. The Balaban J connectivity index is 1.49. The van der Waals surface area contributed by atoms with Crippen molar-refractivity contribution >= 4 is 6.03 Å². The Labute approximate surface area is 153 Å². The highest BCUT2D eigenvalue weighted by molar-refractivity contribution is 5.75. The first-order valence-corrected chi connectivity index (χ1v) is 9.24. The maximum Gasteiger partial charge on any atom is 0.317 e. The van der Waals surface area contributed by atoms with E-state index in [0.29, 0.717) is 19.7 Å². The Morgan fingerprint density at radius 3 is 2.92 bits per heavy atom. The van der Waals surface area contributed by atoms with E-state index in [4.69, 9.17) is 9.26 Å². The van der Waals surface area contributed by atoms with Gasteiger partial charge in [0.05, 0.1) is 24.9 Å². The normalized spacial score (nSPS) is 22.7. The van der Waals surface area contributed by atoms with Gasteiger partial charge in [0.25, 0.3) is 0 Å². The third kappa shape index (κ3) is 2.69. The summed E-state index contributed by atoms with van der Waals surface area (Å²) >= 11 is 0. The molecule has 6 heteroatoms. The molecule has 3 heterocycles. The number of nitrogens with one attached hydrogen (secondary N) is 1. The predicted molar refractivity (Wildman–Crippen MR) is 96.6 cm³/mol. The zero-order valence-electron chi connectivity index (χ0n) is 15.5. The van der Waals surface area contributed by atoms with E-state index in [2.05, 4.69) is 29.5 Å². The molecule has 0 saturated carbocycles. The number of carbonyl (C=O) groups excluding carboxylic acids is 1. The molecule has 1 fully saturated rings. The van der Waals surface area contributed by atoms with Crippen LogP contribution in [-0.4, -0.2) is 29.2 Å². The molecule has 2 aliphatic rings. The van der Waals surface area contributed by atoms with E-state index >= 15 is 0 Å². The molecule has 1 saturated heterocycles. The van der Waals surface area contributed by atoms with Crippen LogP contribution in [0, 0.1) is 13.8 Å². The van der Waals surface area contributed by atoms with Gasteiger partial charge >= 0.3 is 6.03 Å². The van der Waals surface area contributed by atoms with E-state index in [1.165, 1.54) is 11.1 Å². The standard InChI is InChI=1S/C20H25N3O3/c1-4-17(18-13(2)22-26-14(18)3)21-19(24)23-10-9-20(12-23)16-8-6-5-7-15(16)11-25-20/h5-8,17H,4,9-12H2,1-3H3,(H,21,24). The van der Waals surface area contributed by atoms with Crippen LogP contribution < -0.4 is 5.32 Å². The number of benzene rings is 1. The van der Waals surface area contributed by atoms with Crippen molar-refractivity contribution in [1.82, 2.24) is 15.4 Å². The molecule has 2 aromatic rings. The number of aromatic nitrogens is 1. The van der Waals surface area contributed by atoms with Gasteiger partial charge in [0.2, 0.25) is 0 Å². The summed E-state index contributed by atoms with van der Waals surface area (Å²) in [6.45, 7) is 7.76. The van der Waals surface area contributed by atoms with Crippen molar-refractivity contribution in [1.29, 1.82) is 0 Å². The van der Waals surface area contributed by atoms with Crippen LogP contribution in [0.1, 0.15) is 54.0 Å². The Morgan fingerprint density at radius 1 is 1.38 bits per heavy atom. The number of rotatable bonds is 3. The molecule has 1 spiro atoms. The quantitative estimate of drug-likeness (QED) is 0.914. The van der Waals surface area contributed by atoms with Crippen LogP contribution in [-0.2, 0) is 16.9 Å². The average molecular weight is 355 g/mol. The maximum absolute atomic E-state index is 12.9. The lowest BCUT2D eigenvalue weighted by molar-refractivity contribution is -0.0272. The van der Waals surface area contributed by atoms with Crippen molar-refractivity contribution in [3.05, 3.63) is 52.4 Å². The minimum Gasteiger partial charge on any atom is -0.364 e. The molecule has 4 rings (SSSR count). The monoisotopic (exact) mass is 355 g/mol. The second-order valence-electron chi connectivity index (χ2n) is 7.26. The third-order valence-corrected chi connectivity index (χ3v) is 5.67. The third-order valence-electron chi connectivity index (χ3n) is 5.67. The van der Waals surface area contributed by atoms with Gasteiger partial charge in [-0.3, -0.25) is 0 Å². The first-order chi connectivity index (χ1) is 12.5. The summed E-state index contributed by atoms with van der Waals surface area (Å²) in [6.07, 6.45) is 1.62. The summed E-state index contributed by atoms with van der Waals surface area (Å²) in [4.78, 5) is 14.8. The Morgan fingerprint density at radius 2 is 2.19 bits per heavy atom. The van der Waals surface area contributed by atoms with Crippen LogP contribution in [0.3, 0.4) is 0 Å². The van der Waals surface area contributed by atoms with Gasteiger partial charge in [-0.25, -0.2) is 4.79 Å².